The van der Waals surface area contributed by atoms with Crippen molar-refractivity contribution in [3.8, 4) is 0 Å². The second-order valence-corrected chi connectivity index (χ2v) is 6.42. The predicted molar refractivity (Wildman–Crippen MR) is 107 cm³/mol. The third-order valence-electron chi connectivity index (χ3n) is 4.23. The molecule has 142 valence electrons. The molecule has 2 N–H and O–H groups in total. The number of carbonyl (C=O) groups is 3. The van der Waals surface area contributed by atoms with Crippen LogP contribution in [-0.2, 0) is 9.53 Å². The summed E-state index contributed by atoms with van der Waals surface area (Å²) >= 11 is 0. The predicted octanol–water partition coefficient (Wildman–Crippen LogP) is 3.96. The Morgan fingerprint density at radius 3 is 2.46 bits per heavy atom. The van der Waals surface area contributed by atoms with E-state index < -0.39 is 24.5 Å². The Balaban J connectivity index is 1.56. The molecule has 3 rings (SSSR count). The van der Waals surface area contributed by atoms with Gasteiger partial charge >= 0.3 is 12.0 Å². The molecule has 0 aliphatic carbocycles. The van der Waals surface area contributed by atoms with Crippen LogP contribution in [0.25, 0.3) is 10.8 Å². The van der Waals surface area contributed by atoms with Gasteiger partial charge in [0.2, 0.25) is 0 Å². The van der Waals surface area contributed by atoms with Gasteiger partial charge in [-0.1, -0.05) is 54.1 Å². The minimum Gasteiger partial charge on any atom is -0.452 e. The number of amides is 3. The zero-order valence-corrected chi connectivity index (χ0v) is 15.6. The Labute approximate surface area is 162 Å². The first-order valence-electron chi connectivity index (χ1n) is 8.77. The summed E-state index contributed by atoms with van der Waals surface area (Å²) in [6.45, 7) is 3.25. The number of nitrogens with one attached hydrogen (secondary N) is 2. The molecule has 0 spiro atoms. The molecule has 0 heterocycles. The smallest absolute Gasteiger partial charge is 0.339 e. The molecular weight excluding hydrogens is 356 g/mol. The van der Waals surface area contributed by atoms with Crippen LogP contribution in [0.5, 0.6) is 0 Å². The molecule has 0 fully saturated rings. The summed E-state index contributed by atoms with van der Waals surface area (Å²) in [6, 6.07) is 17.5. The van der Waals surface area contributed by atoms with E-state index in [-0.39, 0.29) is 0 Å². The van der Waals surface area contributed by atoms with Gasteiger partial charge in [0.05, 0.1) is 5.56 Å². The van der Waals surface area contributed by atoms with Crippen molar-refractivity contribution in [2.75, 3.05) is 11.9 Å². The molecule has 6 heteroatoms. The van der Waals surface area contributed by atoms with Crippen molar-refractivity contribution in [3.05, 3.63) is 77.4 Å². The maximum absolute atomic E-state index is 12.3. The van der Waals surface area contributed by atoms with Gasteiger partial charge in [0.15, 0.2) is 6.61 Å². The number of esters is 1. The normalized spacial score (nSPS) is 10.4. The molecule has 0 unspecified atom stereocenters. The second kappa shape index (κ2) is 8.35. The number of rotatable bonds is 4. The van der Waals surface area contributed by atoms with E-state index in [1.807, 2.05) is 56.3 Å². The van der Waals surface area contributed by atoms with Crippen LogP contribution in [0.2, 0.25) is 0 Å². The van der Waals surface area contributed by atoms with E-state index in [0.717, 1.165) is 21.9 Å². The van der Waals surface area contributed by atoms with Crippen LogP contribution in [0.3, 0.4) is 0 Å². The molecule has 0 atom stereocenters. The SMILES string of the molecule is Cc1ccc(NC(=O)NC(=O)COC(=O)c2cccc3ccccc23)c(C)c1. The number of hydrogen-bond donors (Lipinski definition) is 2. The van der Waals surface area contributed by atoms with E-state index in [1.165, 1.54) is 0 Å². The first kappa shape index (κ1) is 19.1. The lowest BCUT2D eigenvalue weighted by atomic mass is 10.1. The minimum absolute atomic E-state index is 0.366. The monoisotopic (exact) mass is 376 g/mol. The summed E-state index contributed by atoms with van der Waals surface area (Å²) in [5.41, 5.74) is 2.92. The van der Waals surface area contributed by atoms with E-state index in [1.54, 1.807) is 18.2 Å². The summed E-state index contributed by atoms with van der Waals surface area (Å²) in [5.74, 6) is -1.34. The first-order valence-corrected chi connectivity index (χ1v) is 8.77. The summed E-state index contributed by atoms with van der Waals surface area (Å²) in [5, 5.41) is 6.38. The number of anilines is 1. The lowest BCUT2D eigenvalue weighted by Gasteiger charge is -2.10. The van der Waals surface area contributed by atoms with E-state index in [0.29, 0.717) is 11.3 Å². The zero-order valence-electron chi connectivity index (χ0n) is 15.6. The van der Waals surface area contributed by atoms with E-state index >= 15 is 0 Å². The molecule has 0 saturated heterocycles. The summed E-state index contributed by atoms with van der Waals surface area (Å²) < 4.78 is 5.06. The molecular formula is C22H20N2O4. The fraction of sp³-hybridized carbons (Fsp3) is 0.136. The highest BCUT2D eigenvalue weighted by Crippen LogP contribution is 2.19. The van der Waals surface area contributed by atoms with Crippen molar-refractivity contribution in [2.24, 2.45) is 0 Å². The number of carbonyl (C=O) groups excluding carboxylic acids is 3. The average Bonchev–Trinajstić information content (AvgIpc) is 2.68. The molecule has 3 aromatic rings. The van der Waals surface area contributed by atoms with Crippen molar-refractivity contribution in [3.63, 3.8) is 0 Å². The zero-order chi connectivity index (χ0) is 20.1. The van der Waals surface area contributed by atoms with Gasteiger partial charge in [-0.2, -0.15) is 0 Å². The lowest BCUT2D eigenvalue weighted by Crippen LogP contribution is -2.37. The van der Waals surface area contributed by atoms with Crippen molar-refractivity contribution < 1.29 is 19.1 Å². The largest absolute Gasteiger partial charge is 0.452 e. The van der Waals surface area contributed by atoms with E-state index in [4.69, 9.17) is 4.74 Å². The second-order valence-electron chi connectivity index (χ2n) is 6.42. The molecule has 0 bridgehead atoms. The van der Waals surface area contributed by atoms with Gasteiger partial charge in [-0.25, -0.2) is 9.59 Å². The number of ether oxygens (including phenoxy) is 1. The van der Waals surface area contributed by atoms with E-state index in [2.05, 4.69) is 10.6 Å². The fourth-order valence-corrected chi connectivity index (χ4v) is 2.88. The molecule has 6 nitrogen and oxygen atoms in total. The van der Waals surface area contributed by atoms with Crippen LogP contribution >= 0.6 is 0 Å². The van der Waals surface area contributed by atoms with Crippen LogP contribution in [0.4, 0.5) is 10.5 Å². The molecule has 0 aliphatic rings. The third kappa shape index (κ3) is 4.54. The first-order chi connectivity index (χ1) is 13.4. The van der Waals surface area contributed by atoms with Gasteiger partial charge in [-0.3, -0.25) is 10.1 Å². The molecule has 0 radical (unpaired) electrons. The lowest BCUT2D eigenvalue weighted by molar-refractivity contribution is -0.123. The third-order valence-corrected chi connectivity index (χ3v) is 4.23. The van der Waals surface area contributed by atoms with Gasteiger partial charge in [0, 0.05) is 5.69 Å². The highest BCUT2D eigenvalue weighted by Gasteiger charge is 2.15. The van der Waals surface area contributed by atoms with Crippen LogP contribution in [-0.4, -0.2) is 24.5 Å². The Morgan fingerprint density at radius 1 is 0.929 bits per heavy atom. The number of aryl methyl sites for hydroxylation is 2. The molecule has 3 aromatic carbocycles. The quantitative estimate of drug-likeness (QED) is 0.675. The van der Waals surface area contributed by atoms with E-state index in [9.17, 15) is 14.4 Å². The molecule has 28 heavy (non-hydrogen) atoms. The van der Waals surface area contributed by atoms with Gasteiger partial charge in [0.25, 0.3) is 5.91 Å². The number of fused-ring (bicyclic) bond motifs is 1. The standard InChI is InChI=1S/C22H20N2O4/c1-14-10-11-19(15(2)12-14)23-22(27)24-20(25)13-28-21(26)18-9-5-7-16-6-3-4-8-17(16)18/h3-12H,13H2,1-2H3,(H2,23,24,25,27). The Hall–Kier alpha value is -3.67. The minimum atomic E-state index is -0.712. The molecule has 0 saturated carbocycles. The Morgan fingerprint density at radius 2 is 1.68 bits per heavy atom. The van der Waals surface area contributed by atoms with Gasteiger partial charge in [-0.05, 0) is 42.3 Å². The summed E-state index contributed by atoms with van der Waals surface area (Å²) in [7, 11) is 0. The number of imide groups is 1. The molecule has 3 amide bonds. The van der Waals surface area contributed by atoms with Gasteiger partial charge < -0.3 is 10.1 Å². The van der Waals surface area contributed by atoms with Gasteiger partial charge in [0.1, 0.15) is 0 Å². The topological polar surface area (TPSA) is 84.5 Å². The highest BCUT2D eigenvalue weighted by molar-refractivity contribution is 6.06. The van der Waals surface area contributed by atoms with Crippen molar-refractivity contribution >= 4 is 34.4 Å². The van der Waals surface area contributed by atoms with Crippen LogP contribution in [0, 0.1) is 13.8 Å². The van der Waals surface area contributed by atoms with Crippen molar-refractivity contribution in [1.82, 2.24) is 5.32 Å². The maximum Gasteiger partial charge on any atom is 0.339 e. The number of benzene rings is 3. The van der Waals surface area contributed by atoms with Crippen LogP contribution in [0.1, 0.15) is 21.5 Å². The fourth-order valence-electron chi connectivity index (χ4n) is 2.88. The van der Waals surface area contributed by atoms with Crippen molar-refractivity contribution in [2.45, 2.75) is 13.8 Å². The van der Waals surface area contributed by atoms with Crippen LogP contribution < -0.4 is 10.6 Å². The number of urea groups is 1. The highest BCUT2D eigenvalue weighted by atomic mass is 16.5. The Kier molecular flexibility index (Phi) is 5.69. The molecule has 0 aromatic heterocycles. The van der Waals surface area contributed by atoms with Crippen molar-refractivity contribution in [1.29, 1.82) is 0 Å². The number of hydrogen-bond acceptors (Lipinski definition) is 4. The Bertz CT molecular complexity index is 1050. The summed E-state index contributed by atoms with van der Waals surface area (Å²) in [6.07, 6.45) is 0. The van der Waals surface area contributed by atoms with Gasteiger partial charge in [-0.15, -0.1) is 0 Å². The maximum atomic E-state index is 12.3. The molecule has 0 aliphatic heterocycles. The van der Waals surface area contributed by atoms with Crippen LogP contribution in [0.15, 0.2) is 60.7 Å². The average molecular weight is 376 g/mol. The summed E-state index contributed by atoms with van der Waals surface area (Å²) in [4.78, 5) is 36.2.